The van der Waals surface area contributed by atoms with Gasteiger partial charge >= 0.3 is 0 Å². The highest BCUT2D eigenvalue weighted by molar-refractivity contribution is 5.87. The molecule has 0 saturated carbocycles. The number of aromatic nitrogens is 4. The van der Waals surface area contributed by atoms with Gasteiger partial charge in [-0.15, -0.1) is 0 Å². The molecule has 116 valence electrons. The molecule has 1 N–H and O–H groups in total. The summed E-state index contributed by atoms with van der Waals surface area (Å²) in [7, 11) is 1.72. The molecule has 21 heavy (non-hydrogen) atoms. The number of nitrogens with zero attached hydrogens (tertiary/aromatic N) is 4. The maximum atomic E-state index is 5.09. The topological polar surface area (TPSA) is 64.9 Å². The molecule has 0 atom stereocenters. The van der Waals surface area contributed by atoms with E-state index in [1.54, 1.807) is 7.11 Å². The molecule has 2 aromatic rings. The fourth-order valence-corrected chi connectivity index (χ4v) is 2.28. The van der Waals surface area contributed by atoms with Crippen LogP contribution in [-0.4, -0.2) is 40.0 Å². The fraction of sp³-hybridized carbons (Fsp3) is 0.667. The van der Waals surface area contributed by atoms with E-state index < -0.39 is 0 Å². The second-order valence-corrected chi connectivity index (χ2v) is 5.46. The maximum absolute atomic E-state index is 5.09. The van der Waals surface area contributed by atoms with Gasteiger partial charge in [0, 0.05) is 32.7 Å². The molecule has 0 amide bonds. The second-order valence-electron chi connectivity index (χ2n) is 5.46. The van der Waals surface area contributed by atoms with Crippen molar-refractivity contribution in [3.05, 3.63) is 11.5 Å². The zero-order valence-corrected chi connectivity index (χ0v) is 13.6. The molecule has 0 aliphatic carbocycles. The minimum absolute atomic E-state index is 0.290. The van der Waals surface area contributed by atoms with E-state index in [-0.39, 0.29) is 0 Å². The number of aryl methyl sites for hydroxylation is 2. The first kappa shape index (κ1) is 15.7. The van der Waals surface area contributed by atoms with Gasteiger partial charge in [0.25, 0.3) is 0 Å². The van der Waals surface area contributed by atoms with E-state index in [2.05, 4.69) is 36.2 Å². The van der Waals surface area contributed by atoms with Crippen LogP contribution in [0.5, 0.6) is 0 Å². The lowest BCUT2D eigenvalue weighted by Crippen LogP contribution is -2.11. The van der Waals surface area contributed by atoms with Gasteiger partial charge in [-0.25, -0.2) is 9.97 Å². The van der Waals surface area contributed by atoms with Gasteiger partial charge in [-0.3, -0.25) is 4.68 Å². The van der Waals surface area contributed by atoms with Crippen LogP contribution >= 0.6 is 0 Å². The van der Waals surface area contributed by atoms with Crippen LogP contribution in [0.25, 0.3) is 11.0 Å². The monoisotopic (exact) mass is 291 g/mol. The average Bonchev–Trinajstić information content (AvgIpc) is 2.80. The summed E-state index contributed by atoms with van der Waals surface area (Å²) in [6.45, 7) is 10.7. The van der Waals surface area contributed by atoms with Gasteiger partial charge in [-0.05, 0) is 20.3 Å². The molecule has 2 heterocycles. The number of nitrogens with one attached hydrogen (secondary N) is 1. The lowest BCUT2D eigenvalue weighted by molar-refractivity contribution is 0.198. The van der Waals surface area contributed by atoms with Gasteiger partial charge in [0.15, 0.2) is 5.82 Å². The van der Waals surface area contributed by atoms with Crippen LogP contribution in [-0.2, 0) is 11.3 Å². The third kappa shape index (κ3) is 3.32. The predicted octanol–water partition coefficient (Wildman–Crippen LogP) is 2.73. The molecular weight excluding hydrogens is 266 g/mol. The minimum Gasteiger partial charge on any atom is -0.385 e. The molecule has 0 bridgehead atoms. The molecule has 0 aliphatic heterocycles. The number of methoxy groups -OCH3 is 1. The molecule has 0 unspecified atom stereocenters. The van der Waals surface area contributed by atoms with Crippen molar-refractivity contribution in [2.75, 3.05) is 25.6 Å². The molecule has 0 saturated heterocycles. The number of hydrogen-bond donors (Lipinski definition) is 1. The van der Waals surface area contributed by atoms with Crippen molar-refractivity contribution in [1.29, 1.82) is 0 Å². The Hall–Kier alpha value is -1.69. The van der Waals surface area contributed by atoms with E-state index in [4.69, 9.17) is 9.72 Å². The summed E-state index contributed by atoms with van der Waals surface area (Å²) in [5.41, 5.74) is 2.90. The summed E-state index contributed by atoms with van der Waals surface area (Å²) in [5, 5.41) is 7.98. The lowest BCUT2D eigenvalue weighted by Gasteiger charge is -2.11. The van der Waals surface area contributed by atoms with Gasteiger partial charge in [0.1, 0.15) is 16.9 Å². The Kier molecular flexibility index (Phi) is 5.12. The normalized spacial score (nSPS) is 11.5. The highest BCUT2D eigenvalue weighted by Crippen LogP contribution is 2.25. The van der Waals surface area contributed by atoms with Crippen molar-refractivity contribution in [2.24, 2.45) is 0 Å². The summed E-state index contributed by atoms with van der Waals surface area (Å²) >= 11 is 0. The largest absolute Gasteiger partial charge is 0.385 e. The minimum atomic E-state index is 0.290. The molecule has 2 aromatic heterocycles. The summed E-state index contributed by atoms with van der Waals surface area (Å²) in [6.07, 6.45) is 0.943. The van der Waals surface area contributed by atoms with E-state index in [1.165, 1.54) is 0 Å². The molecule has 0 aromatic carbocycles. The van der Waals surface area contributed by atoms with Crippen molar-refractivity contribution >= 4 is 16.9 Å². The molecule has 0 radical (unpaired) electrons. The Balaban J connectivity index is 2.43. The van der Waals surface area contributed by atoms with Gasteiger partial charge in [-0.2, -0.15) is 5.10 Å². The van der Waals surface area contributed by atoms with Gasteiger partial charge in [-0.1, -0.05) is 13.8 Å². The molecule has 6 heteroatoms. The first-order valence-corrected chi connectivity index (χ1v) is 7.56. The van der Waals surface area contributed by atoms with E-state index in [0.29, 0.717) is 5.92 Å². The Labute approximate surface area is 125 Å². The highest BCUT2D eigenvalue weighted by Gasteiger charge is 2.16. The van der Waals surface area contributed by atoms with Crippen LogP contribution in [0.15, 0.2) is 0 Å². The summed E-state index contributed by atoms with van der Waals surface area (Å²) < 4.78 is 7.05. The van der Waals surface area contributed by atoms with Crippen LogP contribution in [0.3, 0.4) is 0 Å². The van der Waals surface area contributed by atoms with Crippen molar-refractivity contribution < 1.29 is 4.74 Å². The van der Waals surface area contributed by atoms with E-state index in [9.17, 15) is 0 Å². The summed E-state index contributed by atoms with van der Waals surface area (Å²) in [5.74, 6) is 2.02. The fourth-order valence-electron chi connectivity index (χ4n) is 2.28. The zero-order valence-electron chi connectivity index (χ0n) is 13.6. The zero-order chi connectivity index (χ0) is 15.4. The molecule has 0 spiro atoms. The number of fused-ring (bicyclic) bond motifs is 1. The van der Waals surface area contributed by atoms with Crippen LogP contribution in [0.1, 0.15) is 44.6 Å². The number of anilines is 1. The lowest BCUT2D eigenvalue weighted by atomic mass is 10.2. The van der Waals surface area contributed by atoms with Gasteiger partial charge in [0.05, 0.1) is 5.69 Å². The van der Waals surface area contributed by atoms with Crippen LogP contribution in [0.2, 0.25) is 0 Å². The van der Waals surface area contributed by atoms with E-state index in [1.807, 2.05) is 11.6 Å². The Morgan fingerprint density at radius 3 is 2.67 bits per heavy atom. The predicted molar refractivity (Wildman–Crippen MR) is 84.8 cm³/mol. The SMILES string of the molecule is CCn1nc(C)c2nc(C(C)C)nc(NCCCOC)c21. The molecule has 6 nitrogen and oxygen atoms in total. The smallest absolute Gasteiger partial charge is 0.156 e. The molecule has 0 aliphatic rings. The highest BCUT2D eigenvalue weighted by atomic mass is 16.5. The van der Waals surface area contributed by atoms with E-state index >= 15 is 0 Å². The molecule has 0 fully saturated rings. The van der Waals surface area contributed by atoms with Gasteiger partial charge < -0.3 is 10.1 Å². The standard InChI is InChI=1S/C15H25N5O/c1-6-20-13-12(11(4)19-20)17-14(10(2)3)18-15(13)16-8-7-9-21-5/h10H,6-9H2,1-5H3,(H,16,17,18). The second kappa shape index (κ2) is 6.85. The summed E-state index contributed by atoms with van der Waals surface area (Å²) in [6, 6.07) is 0. The third-order valence-corrected chi connectivity index (χ3v) is 3.41. The number of ether oxygens (including phenoxy) is 1. The van der Waals surface area contributed by atoms with Crippen LogP contribution < -0.4 is 5.32 Å². The number of hydrogen-bond acceptors (Lipinski definition) is 5. The van der Waals surface area contributed by atoms with E-state index in [0.717, 1.165) is 54.5 Å². The third-order valence-electron chi connectivity index (χ3n) is 3.41. The number of rotatable bonds is 7. The van der Waals surface area contributed by atoms with Crippen molar-refractivity contribution in [3.8, 4) is 0 Å². The quantitative estimate of drug-likeness (QED) is 0.795. The Morgan fingerprint density at radius 2 is 2.05 bits per heavy atom. The van der Waals surface area contributed by atoms with Crippen LogP contribution in [0, 0.1) is 6.92 Å². The Bertz CT molecular complexity index is 606. The Morgan fingerprint density at radius 1 is 1.29 bits per heavy atom. The molecular formula is C15H25N5O. The van der Waals surface area contributed by atoms with Crippen molar-refractivity contribution in [1.82, 2.24) is 19.7 Å². The first-order chi connectivity index (χ1) is 10.1. The molecule has 2 rings (SSSR count). The van der Waals surface area contributed by atoms with Crippen molar-refractivity contribution in [3.63, 3.8) is 0 Å². The summed E-state index contributed by atoms with van der Waals surface area (Å²) in [4.78, 5) is 9.38. The maximum Gasteiger partial charge on any atom is 0.156 e. The van der Waals surface area contributed by atoms with Crippen LogP contribution in [0.4, 0.5) is 5.82 Å². The average molecular weight is 291 g/mol. The van der Waals surface area contributed by atoms with Crippen molar-refractivity contribution in [2.45, 2.75) is 46.6 Å². The first-order valence-electron chi connectivity index (χ1n) is 7.56. The van der Waals surface area contributed by atoms with Gasteiger partial charge in [0.2, 0.25) is 0 Å².